The Morgan fingerprint density at radius 3 is 2.24 bits per heavy atom. The van der Waals surface area contributed by atoms with E-state index >= 15 is 0 Å². The van der Waals surface area contributed by atoms with Gasteiger partial charge in [-0.25, -0.2) is 18.2 Å². The van der Waals surface area contributed by atoms with Crippen LogP contribution in [0, 0.1) is 13.8 Å². The van der Waals surface area contributed by atoms with Crippen LogP contribution in [0.1, 0.15) is 34.8 Å². The number of hydrogen-bond acceptors (Lipinski definition) is 7. The zero-order valence-electron chi connectivity index (χ0n) is 23.0. The van der Waals surface area contributed by atoms with E-state index in [1.54, 1.807) is 30.3 Å². The maximum absolute atomic E-state index is 12.9. The van der Waals surface area contributed by atoms with Gasteiger partial charge in [-0.3, -0.25) is 14.4 Å². The SMILES string of the molecule is CCCNC(=O)CN1CCN(c2cc(C(=O)O)c3cc(NS(=O)(=O)c4ccc(C)c(C)c4)ccc3n2)CC1.Cl.Cl.Cl. The molecule has 0 atom stereocenters. The number of rotatable bonds is 9. The van der Waals surface area contributed by atoms with Gasteiger partial charge in [0.1, 0.15) is 5.82 Å². The molecule has 1 aromatic heterocycles. The van der Waals surface area contributed by atoms with E-state index in [2.05, 4.69) is 19.9 Å². The molecule has 1 saturated heterocycles. The van der Waals surface area contributed by atoms with Crippen LogP contribution in [0.2, 0.25) is 0 Å². The lowest BCUT2D eigenvalue weighted by Gasteiger charge is -2.35. The summed E-state index contributed by atoms with van der Waals surface area (Å²) in [6, 6.07) is 11.1. The first-order valence-electron chi connectivity index (χ1n) is 12.6. The number of aromatic nitrogens is 1. The van der Waals surface area contributed by atoms with Crippen LogP contribution in [-0.4, -0.2) is 74.6 Å². The number of carboxylic acids is 1. The fraction of sp³-hybridized carbons (Fsp3) is 0.370. The van der Waals surface area contributed by atoms with Crippen molar-refractivity contribution in [1.82, 2.24) is 15.2 Å². The van der Waals surface area contributed by atoms with E-state index in [-0.39, 0.29) is 59.3 Å². The van der Waals surface area contributed by atoms with E-state index in [1.807, 2.05) is 25.7 Å². The summed E-state index contributed by atoms with van der Waals surface area (Å²) in [6.07, 6.45) is 0.888. The normalized spacial score (nSPS) is 13.4. The number of anilines is 2. The van der Waals surface area contributed by atoms with Crippen molar-refractivity contribution in [2.75, 3.05) is 48.9 Å². The zero-order valence-corrected chi connectivity index (χ0v) is 26.3. The molecular weight excluding hydrogens is 613 g/mol. The Labute approximate surface area is 259 Å². The average molecular weight is 649 g/mol. The van der Waals surface area contributed by atoms with Gasteiger partial charge in [0.15, 0.2) is 0 Å². The van der Waals surface area contributed by atoms with Crippen molar-refractivity contribution in [2.24, 2.45) is 0 Å². The van der Waals surface area contributed by atoms with E-state index in [0.29, 0.717) is 56.0 Å². The summed E-state index contributed by atoms with van der Waals surface area (Å²) < 4.78 is 28.4. The lowest BCUT2D eigenvalue weighted by Crippen LogP contribution is -2.49. The number of carbonyl (C=O) groups is 2. The quantitative estimate of drug-likeness (QED) is 0.314. The standard InChI is InChI=1S/C27H33N5O5S.3ClH/c1-4-9-28-26(33)17-31-10-12-32(13-11-31)25-16-23(27(34)35)22-15-20(6-8-24(22)29-25)30-38(36,37)21-7-5-18(2)19(3)14-21;;;/h5-8,14-16,30H,4,9-13,17H2,1-3H3,(H,28,33)(H,34,35);3*1H. The molecule has 3 aromatic rings. The second kappa shape index (κ2) is 15.4. The van der Waals surface area contributed by atoms with Gasteiger partial charge in [-0.1, -0.05) is 13.0 Å². The molecule has 0 aliphatic carbocycles. The molecule has 0 saturated carbocycles. The number of pyridine rings is 1. The molecule has 3 N–H and O–H groups in total. The van der Waals surface area contributed by atoms with E-state index < -0.39 is 16.0 Å². The van der Waals surface area contributed by atoms with E-state index in [4.69, 9.17) is 0 Å². The minimum absolute atomic E-state index is 0. The fourth-order valence-electron chi connectivity index (χ4n) is 4.37. The number of benzene rings is 2. The molecule has 0 bridgehead atoms. The van der Waals surface area contributed by atoms with Gasteiger partial charge in [0.25, 0.3) is 10.0 Å². The van der Waals surface area contributed by atoms with Crippen molar-refractivity contribution in [3.8, 4) is 0 Å². The Bertz CT molecular complexity index is 1480. The molecule has 4 rings (SSSR count). The number of sulfonamides is 1. The van der Waals surface area contributed by atoms with Crippen molar-refractivity contribution >= 4 is 81.5 Å². The number of amides is 1. The fourth-order valence-corrected chi connectivity index (χ4v) is 5.50. The number of hydrogen-bond donors (Lipinski definition) is 3. The summed E-state index contributed by atoms with van der Waals surface area (Å²) >= 11 is 0. The van der Waals surface area contributed by atoms with Crippen molar-refractivity contribution < 1.29 is 23.1 Å². The lowest BCUT2D eigenvalue weighted by molar-refractivity contribution is -0.122. The van der Waals surface area contributed by atoms with Crippen molar-refractivity contribution in [2.45, 2.75) is 32.1 Å². The highest BCUT2D eigenvalue weighted by Gasteiger charge is 2.23. The predicted molar refractivity (Wildman–Crippen MR) is 169 cm³/mol. The third-order valence-corrected chi connectivity index (χ3v) is 8.08. The second-order valence-corrected chi connectivity index (χ2v) is 11.2. The number of fused-ring (bicyclic) bond motifs is 1. The molecule has 1 aliphatic heterocycles. The third kappa shape index (κ3) is 8.83. The van der Waals surface area contributed by atoms with Gasteiger partial charge >= 0.3 is 5.97 Å². The molecule has 0 spiro atoms. The van der Waals surface area contributed by atoms with Gasteiger partial charge in [0.2, 0.25) is 5.91 Å². The maximum Gasteiger partial charge on any atom is 0.336 e. The molecule has 41 heavy (non-hydrogen) atoms. The van der Waals surface area contributed by atoms with E-state index in [1.165, 1.54) is 12.1 Å². The van der Waals surface area contributed by atoms with Gasteiger partial charge < -0.3 is 15.3 Å². The molecule has 0 unspecified atom stereocenters. The van der Waals surface area contributed by atoms with Crippen LogP contribution >= 0.6 is 37.2 Å². The number of carboxylic acid groups (broad SMARTS) is 1. The monoisotopic (exact) mass is 647 g/mol. The summed E-state index contributed by atoms with van der Waals surface area (Å²) in [5.74, 6) is -0.589. The number of carbonyl (C=O) groups excluding carboxylic acids is 1. The van der Waals surface area contributed by atoms with Gasteiger partial charge in [-0.2, -0.15) is 0 Å². The van der Waals surface area contributed by atoms with E-state index in [0.717, 1.165) is 17.5 Å². The summed E-state index contributed by atoms with van der Waals surface area (Å²) in [4.78, 5) is 33.1. The summed E-state index contributed by atoms with van der Waals surface area (Å²) in [5.41, 5.74) is 2.59. The lowest BCUT2D eigenvalue weighted by atomic mass is 10.1. The van der Waals surface area contributed by atoms with Crippen molar-refractivity contribution in [1.29, 1.82) is 0 Å². The number of aromatic carboxylic acids is 1. The second-order valence-electron chi connectivity index (χ2n) is 9.53. The van der Waals surface area contributed by atoms with Gasteiger partial charge in [-0.05, 0) is 67.8 Å². The molecule has 1 aliphatic rings. The first-order valence-corrected chi connectivity index (χ1v) is 14.1. The van der Waals surface area contributed by atoms with Crippen molar-refractivity contribution in [3.63, 3.8) is 0 Å². The highest BCUT2D eigenvalue weighted by atomic mass is 35.5. The molecule has 2 aromatic carbocycles. The summed E-state index contributed by atoms with van der Waals surface area (Å²) in [6.45, 7) is 9.26. The Morgan fingerprint density at radius 2 is 1.63 bits per heavy atom. The Hall–Kier alpha value is -2.83. The van der Waals surface area contributed by atoms with Gasteiger partial charge in [0.05, 0.1) is 22.5 Å². The van der Waals surface area contributed by atoms with Crippen LogP contribution in [0.5, 0.6) is 0 Å². The topological polar surface area (TPSA) is 132 Å². The Morgan fingerprint density at radius 1 is 0.951 bits per heavy atom. The first kappa shape index (κ1) is 36.2. The highest BCUT2D eigenvalue weighted by Crippen LogP contribution is 2.28. The Kier molecular flexibility index (Phi) is 13.6. The van der Waals surface area contributed by atoms with E-state index in [9.17, 15) is 23.1 Å². The molecular formula is C27H36Cl3N5O5S. The van der Waals surface area contributed by atoms with Crippen molar-refractivity contribution in [3.05, 3.63) is 59.2 Å². The molecule has 1 fully saturated rings. The van der Waals surface area contributed by atoms with Crippen LogP contribution in [0.3, 0.4) is 0 Å². The largest absolute Gasteiger partial charge is 0.478 e. The van der Waals surface area contributed by atoms with Gasteiger partial charge in [-0.15, -0.1) is 37.2 Å². The van der Waals surface area contributed by atoms with Crippen LogP contribution < -0.4 is 14.9 Å². The summed E-state index contributed by atoms with van der Waals surface area (Å²) in [7, 11) is -3.86. The highest BCUT2D eigenvalue weighted by molar-refractivity contribution is 7.92. The third-order valence-electron chi connectivity index (χ3n) is 6.70. The minimum atomic E-state index is -3.86. The minimum Gasteiger partial charge on any atom is -0.478 e. The number of nitrogens with zero attached hydrogens (tertiary/aromatic N) is 3. The summed E-state index contributed by atoms with van der Waals surface area (Å²) in [5, 5.41) is 13.2. The average Bonchev–Trinajstić information content (AvgIpc) is 2.88. The molecule has 14 heteroatoms. The molecule has 226 valence electrons. The molecule has 10 nitrogen and oxygen atoms in total. The predicted octanol–water partition coefficient (Wildman–Crippen LogP) is 4.26. The first-order chi connectivity index (χ1) is 18.1. The van der Waals surface area contributed by atoms with Crippen LogP contribution in [-0.2, 0) is 14.8 Å². The van der Waals surface area contributed by atoms with Crippen LogP contribution in [0.15, 0.2) is 47.4 Å². The van der Waals surface area contributed by atoms with Crippen LogP contribution in [0.4, 0.5) is 11.5 Å². The zero-order chi connectivity index (χ0) is 27.4. The number of piperazine rings is 1. The van der Waals surface area contributed by atoms with Crippen LogP contribution in [0.25, 0.3) is 10.9 Å². The number of aryl methyl sites for hydroxylation is 2. The number of halogens is 3. The van der Waals surface area contributed by atoms with Gasteiger partial charge in [0, 0.05) is 43.8 Å². The molecule has 0 radical (unpaired) electrons. The molecule has 1 amide bonds. The maximum atomic E-state index is 12.9. The molecule has 2 heterocycles. The Balaban J connectivity index is 0.00000280. The number of nitrogens with one attached hydrogen (secondary N) is 2. The smallest absolute Gasteiger partial charge is 0.336 e.